The topological polar surface area (TPSA) is 93.4 Å². The van der Waals surface area contributed by atoms with Crippen LogP contribution >= 0.6 is 0 Å². The molecule has 0 aliphatic rings. The number of carbonyl (C=O) groups excluding carboxylic acids is 1. The van der Waals surface area contributed by atoms with Gasteiger partial charge in [0.1, 0.15) is 11.4 Å². The Hall–Kier alpha value is -3.16. The average molecular weight is 411 g/mol. The molecule has 0 atom stereocenters. The molecule has 8 nitrogen and oxygen atoms in total. The molecule has 0 spiro atoms. The number of rotatable bonds is 5. The summed E-state index contributed by atoms with van der Waals surface area (Å²) in [5, 5.41) is 19.2. The molecule has 0 aliphatic carbocycles. The van der Waals surface area contributed by atoms with Gasteiger partial charge < -0.3 is 10.1 Å². The van der Waals surface area contributed by atoms with Crippen LogP contribution in [0.15, 0.2) is 36.4 Å². The summed E-state index contributed by atoms with van der Waals surface area (Å²) in [6, 6.07) is 11.5. The van der Waals surface area contributed by atoms with Gasteiger partial charge in [0.15, 0.2) is 11.5 Å². The van der Waals surface area contributed by atoms with Crippen LogP contribution in [-0.2, 0) is 16.6 Å². The van der Waals surface area contributed by atoms with Crippen LogP contribution in [-0.4, -0.2) is 38.1 Å². The predicted octanol–water partition coefficient (Wildman–Crippen LogP) is 4.42. The molecule has 2 aromatic heterocycles. The minimum atomic E-state index is -0.521. The Labute approximate surface area is 177 Å². The van der Waals surface area contributed by atoms with Crippen LogP contribution in [0.2, 0.25) is 0 Å². The van der Waals surface area contributed by atoms with E-state index in [1.807, 2.05) is 57.2 Å². The maximum absolute atomic E-state index is 11.8. The van der Waals surface area contributed by atoms with Crippen LogP contribution in [0, 0.1) is 0 Å². The number of anilines is 2. The molecular formula is C22H30N6O2. The third-order valence-electron chi connectivity index (χ3n) is 4.25. The number of fused-ring (bicyclic) bond motifs is 1. The van der Waals surface area contributed by atoms with Crippen LogP contribution in [0.5, 0.6) is 0 Å². The highest BCUT2D eigenvalue weighted by atomic mass is 16.6. The Morgan fingerprint density at radius 2 is 1.70 bits per heavy atom. The Kier molecular flexibility index (Phi) is 5.96. The zero-order valence-electron chi connectivity index (χ0n) is 18.5. The van der Waals surface area contributed by atoms with Crippen molar-refractivity contribution in [2.75, 3.05) is 17.2 Å². The number of ether oxygens (including phenoxy) is 1. The van der Waals surface area contributed by atoms with E-state index in [4.69, 9.17) is 4.74 Å². The summed E-state index contributed by atoms with van der Waals surface area (Å²) in [7, 11) is 0. The summed E-state index contributed by atoms with van der Waals surface area (Å²) < 4.78 is 7.05. The second-order valence-corrected chi connectivity index (χ2v) is 9.26. The van der Waals surface area contributed by atoms with E-state index in [0.29, 0.717) is 5.69 Å². The lowest BCUT2D eigenvalue weighted by atomic mass is 9.96. The van der Waals surface area contributed by atoms with E-state index < -0.39 is 11.7 Å². The van der Waals surface area contributed by atoms with Crippen molar-refractivity contribution in [1.29, 1.82) is 0 Å². The number of hydrogen-bond donors (Lipinski definition) is 2. The van der Waals surface area contributed by atoms with Gasteiger partial charge in [-0.2, -0.15) is 4.52 Å². The van der Waals surface area contributed by atoms with Crippen LogP contribution in [0.1, 0.15) is 52.9 Å². The molecule has 1 aromatic carbocycles. The van der Waals surface area contributed by atoms with Crippen molar-refractivity contribution < 1.29 is 9.53 Å². The third kappa shape index (κ3) is 5.68. The molecule has 8 heteroatoms. The monoisotopic (exact) mass is 410 g/mol. The molecule has 0 saturated heterocycles. The van der Waals surface area contributed by atoms with Crippen LogP contribution < -0.4 is 10.6 Å². The molecule has 160 valence electrons. The lowest BCUT2D eigenvalue weighted by molar-refractivity contribution is 0.0636. The van der Waals surface area contributed by atoms with Gasteiger partial charge in [0.25, 0.3) is 0 Å². The fraction of sp³-hybridized carbons (Fsp3) is 0.455. The molecule has 0 aliphatic heterocycles. The smallest absolute Gasteiger partial charge is 0.412 e. The Balaban J connectivity index is 1.56. The molecule has 0 fully saturated rings. The van der Waals surface area contributed by atoms with Gasteiger partial charge in [-0.05, 0) is 57.0 Å². The average Bonchev–Trinajstić information content (AvgIpc) is 3.05. The molecule has 30 heavy (non-hydrogen) atoms. The summed E-state index contributed by atoms with van der Waals surface area (Å²) in [6.07, 6.45) is 0.364. The van der Waals surface area contributed by atoms with Crippen LogP contribution in [0.4, 0.5) is 16.3 Å². The van der Waals surface area contributed by atoms with Crippen LogP contribution in [0.3, 0.4) is 0 Å². The molecule has 0 bridgehead atoms. The predicted molar refractivity (Wildman–Crippen MR) is 118 cm³/mol. The van der Waals surface area contributed by atoms with Gasteiger partial charge in [0, 0.05) is 17.6 Å². The molecular weight excluding hydrogens is 380 g/mol. The van der Waals surface area contributed by atoms with Gasteiger partial charge in [-0.15, -0.1) is 15.3 Å². The first kappa shape index (κ1) is 21.5. The van der Waals surface area contributed by atoms with Crippen molar-refractivity contribution >= 4 is 23.2 Å². The number of nitrogens with one attached hydrogen (secondary N) is 2. The highest BCUT2D eigenvalue weighted by Gasteiger charge is 2.21. The van der Waals surface area contributed by atoms with Crippen molar-refractivity contribution in [3.8, 4) is 0 Å². The standard InChI is InChI=1S/C22H30N6O2/c1-21(2,3)19-26-25-18-12-11-17(27-28(18)19)23-14-13-15-7-9-16(10-8-15)24-20(29)30-22(4,5)6/h7-12H,13-14H2,1-6H3,(H,23,27)(H,24,29). The van der Waals surface area contributed by atoms with E-state index in [0.717, 1.165) is 35.8 Å². The summed E-state index contributed by atoms with van der Waals surface area (Å²) in [6.45, 7) is 12.5. The molecule has 3 rings (SSSR count). The van der Waals surface area contributed by atoms with Crippen molar-refractivity contribution in [3.05, 3.63) is 47.8 Å². The lowest BCUT2D eigenvalue weighted by Gasteiger charge is -2.19. The van der Waals surface area contributed by atoms with Crippen LogP contribution in [0.25, 0.3) is 5.65 Å². The molecule has 2 heterocycles. The van der Waals surface area contributed by atoms with E-state index in [2.05, 4.69) is 46.7 Å². The second kappa shape index (κ2) is 8.30. The fourth-order valence-corrected chi connectivity index (χ4v) is 2.86. The highest BCUT2D eigenvalue weighted by molar-refractivity contribution is 5.84. The molecule has 0 unspecified atom stereocenters. The maximum atomic E-state index is 11.8. The molecule has 0 saturated carbocycles. The van der Waals surface area contributed by atoms with Crippen molar-refractivity contribution in [2.24, 2.45) is 0 Å². The Bertz CT molecular complexity index is 1010. The third-order valence-corrected chi connectivity index (χ3v) is 4.25. The van der Waals surface area contributed by atoms with E-state index >= 15 is 0 Å². The summed E-state index contributed by atoms with van der Waals surface area (Å²) in [4.78, 5) is 11.8. The Morgan fingerprint density at radius 3 is 2.33 bits per heavy atom. The lowest BCUT2D eigenvalue weighted by Crippen LogP contribution is -2.27. The minimum absolute atomic E-state index is 0.139. The number of aromatic nitrogens is 4. The van der Waals surface area contributed by atoms with Crippen molar-refractivity contribution in [1.82, 2.24) is 19.8 Å². The highest BCUT2D eigenvalue weighted by Crippen LogP contribution is 2.20. The fourth-order valence-electron chi connectivity index (χ4n) is 2.86. The SMILES string of the molecule is CC(C)(C)OC(=O)Nc1ccc(CCNc2ccc3nnc(C(C)(C)C)n3n2)cc1. The van der Waals surface area contributed by atoms with E-state index in [-0.39, 0.29) is 5.41 Å². The van der Waals surface area contributed by atoms with Gasteiger partial charge in [0.05, 0.1) is 0 Å². The first-order valence-electron chi connectivity index (χ1n) is 10.1. The zero-order valence-corrected chi connectivity index (χ0v) is 18.5. The largest absolute Gasteiger partial charge is 0.444 e. The Morgan fingerprint density at radius 1 is 1.00 bits per heavy atom. The first-order chi connectivity index (χ1) is 14.0. The molecule has 2 N–H and O–H groups in total. The molecule has 3 aromatic rings. The second-order valence-electron chi connectivity index (χ2n) is 9.26. The van der Waals surface area contributed by atoms with E-state index in [1.165, 1.54) is 0 Å². The minimum Gasteiger partial charge on any atom is -0.444 e. The first-order valence-corrected chi connectivity index (χ1v) is 10.1. The molecule has 1 amide bonds. The van der Waals surface area contributed by atoms with Crippen molar-refractivity contribution in [3.63, 3.8) is 0 Å². The molecule has 0 radical (unpaired) electrons. The van der Waals surface area contributed by atoms with Gasteiger partial charge in [-0.1, -0.05) is 32.9 Å². The number of carbonyl (C=O) groups is 1. The van der Waals surface area contributed by atoms with E-state index in [9.17, 15) is 4.79 Å². The van der Waals surface area contributed by atoms with Gasteiger partial charge >= 0.3 is 6.09 Å². The zero-order chi connectivity index (χ0) is 21.9. The van der Waals surface area contributed by atoms with Gasteiger partial charge in [0.2, 0.25) is 0 Å². The number of amides is 1. The number of benzene rings is 1. The number of hydrogen-bond acceptors (Lipinski definition) is 6. The summed E-state index contributed by atoms with van der Waals surface area (Å²) >= 11 is 0. The van der Waals surface area contributed by atoms with Crippen molar-refractivity contribution in [2.45, 2.75) is 59.0 Å². The summed E-state index contributed by atoms with van der Waals surface area (Å²) in [5.41, 5.74) is 1.93. The normalized spacial score (nSPS) is 12.1. The van der Waals surface area contributed by atoms with E-state index in [1.54, 1.807) is 4.52 Å². The van der Waals surface area contributed by atoms with Gasteiger partial charge in [-0.3, -0.25) is 5.32 Å². The number of nitrogens with zero attached hydrogens (tertiary/aromatic N) is 4. The van der Waals surface area contributed by atoms with Gasteiger partial charge in [-0.25, -0.2) is 4.79 Å². The summed E-state index contributed by atoms with van der Waals surface area (Å²) in [5.74, 6) is 1.60. The quantitative estimate of drug-likeness (QED) is 0.647. The maximum Gasteiger partial charge on any atom is 0.412 e.